The minimum Gasteiger partial charge on any atom is -0.472 e. The summed E-state index contributed by atoms with van der Waals surface area (Å²) in [4.78, 5) is 8.90. The lowest BCUT2D eigenvalue weighted by Gasteiger charge is -2.02. The molecule has 3 aromatic heterocycles. The molecule has 0 radical (unpaired) electrons. The van der Waals surface area contributed by atoms with Crippen molar-refractivity contribution in [1.82, 2.24) is 14.5 Å². The molecule has 3 rings (SSSR count). The number of rotatable bonds is 3. The average Bonchev–Trinajstić information content (AvgIpc) is 3.06. The number of imidazole rings is 1. The molecule has 0 N–H and O–H groups in total. The molecule has 5 heteroatoms. The normalized spacial score (nSPS) is 11.0. The van der Waals surface area contributed by atoms with Crippen molar-refractivity contribution in [1.29, 1.82) is 0 Å². The molecule has 0 aliphatic rings. The van der Waals surface area contributed by atoms with Crippen LogP contribution in [-0.4, -0.2) is 14.5 Å². The fourth-order valence-electron chi connectivity index (χ4n) is 1.78. The van der Waals surface area contributed by atoms with Gasteiger partial charge in [-0.25, -0.2) is 9.97 Å². The Labute approximate surface area is 109 Å². The smallest absolute Gasteiger partial charge is 0.126 e. The highest BCUT2D eigenvalue weighted by Crippen LogP contribution is 2.24. The summed E-state index contributed by atoms with van der Waals surface area (Å²) in [6.45, 7) is 4.86. The van der Waals surface area contributed by atoms with E-state index in [1.165, 1.54) is 5.69 Å². The van der Waals surface area contributed by atoms with Crippen LogP contribution in [0.1, 0.15) is 17.1 Å². The number of hydrogen-bond donors (Lipinski definition) is 0. The van der Waals surface area contributed by atoms with E-state index in [1.807, 2.05) is 19.3 Å². The molecule has 0 amide bonds. The van der Waals surface area contributed by atoms with Gasteiger partial charge in [0.2, 0.25) is 0 Å². The molecule has 4 nitrogen and oxygen atoms in total. The van der Waals surface area contributed by atoms with Gasteiger partial charge in [0.1, 0.15) is 11.3 Å². The second-order valence-corrected chi connectivity index (χ2v) is 5.06. The zero-order valence-electron chi connectivity index (χ0n) is 10.3. The predicted molar refractivity (Wildman–Crippen MR) is 70.6 cm³/mol. The van der Waals surface area contributed by atoms with Gasteiger partial charge in [-0.2, -0.15) is 0 Å². The van der Waals surface area contributed by atoms with Gasteiger partial charge in [-0.15, -0.1) is 11.3 Å². The molecule has 0 atom stereocenters. The van der Waals surface area contributed by atoms with E-state index in [2.05, 4.69) is 26.8 Å². The standard InChI is InChI=1S/C13H13N3OS/c1-9-10(2)16(8-14-9)5-12-7-18-13(15-12)11-3-4-17-6-11/h3-4,6-8H,5H2,1-2H3. The van der Waals surface area contributed by atoms with Gasteiger partial charge < -0.3 is 8.98 Å². The van der Waals surface area contributed by atoms with Gasteiger partial charge in [0.15, 0.2) is 0 Å². The lowest BCUT2D eigenvalue weighted by Crippen LogP contribution is -2.00. The summed E-state index contributed by atoms with van der Waals surface area (Å²) in [5.74, 6) is 0. The zero-order chi connectivity index (χ0) is 12.5. The van der Waals surface area contributed by atoms with E-state index in [1.54, 1.807) is 23.9 Å². The van der Waals surface area contributed by atoms with Crippen molar-refractivity contribution in [3.8, 4) is 10.6 Å². The zero-order valence-corrected chi connectivity index (χ0v) is 11.1. The first-order valence-electron chi connectivity index (χ1n) is 5.69. The Morgan fingerprint density at radius 1 is 1.39 bits per heavy atom. The summed E-state index contributed by atoms with van der Waals surface area (Å²) in [5, 5.41) is 3.07. The van der Waals surface area contributed by atoms with Crippen molar-refractivity contribution in [2.45, 2.75) is 20.4 Å². The Hall–Kier alpha value is -1.88. The molecule has 0 fully saturated rings. The minimum absolute atomic E-state index is 0.765. The summed E-state index contributed by atoms with van der Waals surface area (Å²) < 4.78 is 7.18. The first-order valence-corrected chi connectivity index (χ1v) is 6.57. The van der Waals surface area contributed by atoms with Crippen LogP contribution in [-0.2, 0) is 6.54 Å². The molecule has 3 heterocycles. The SMILES string of the molecule is Cc1ncn(Cc2csc(-c3ccoc3)n2)c1C. The fourth-order valence-corrected chi connectivity index (χ4v) is 2.57. The molecular weight excluding hydrogens is 246 g/mol. The maximum absolute atomic E-state index is 5.07. The molecule has 92 valence electrons. The van der Waals surface area contributed by atoms with Crippen LogP contribution in [0.4, 0.5) is 0 Å². The minimum atomic E-state index is 0.765. The number of hydrogen-bond acceptors (Lipinski definition) is 4. The van der Waals surface area contributed by atoms with Crippen LogP contribution in [0.2, 0.25) is 0 Å². The highest BCUT2D eigenvalue weighted by Gasteiger charge is 2.08. The third-order valence-electron chi connectivity index (χ3n) is 3.00. The first kappa shape index (κ1) is 11.2. The van der Waals surface area contributed by atoms with Gasteiger partial charge in [-0.1, -0.05) is 0 Å². The van der Waals surface area contributed by atoms with E-state index in [4.69, 9.17) is 4.42 Å². The Balaban J connectivity index is 1.84. The van der Waals surface area contributed by atoms with Gasteiger partial charge in [0, 0.05) is 16.6 Å². The van der Waals surface area contributed by atoms with Crippen molar-refractivity contribution < 1.29 is 4.42 Å². The molecule has 0 aromatic carbocycles. The van der Waals surface area contributed by atoms with E-state index in [0.717, 1.165) is 28.5 Å². The van der Waals surface area contributed by atoms with Gasteiger partial charge >= 0.3 is 0 Å². The molecular formula is C13H13N3OS. The molecule has 0 saturated carbocycles. The average molecular weight is 259 g/mol. The largest absolute Gasteiger partial charge is 0.472 e. The Kier molecular flexibility index (Phi) is 2.76. The van der Waals surface area contributed by atoms with Crippen LogP contribution in [0.5, 0.6) is 0 Å². The topological polar surface area (TPSA) is 43.9 Å². The summed E-state index contributed by atoms with van der Waals surface area (Å²) in [7, 11) is 0. The maximum Gasteiger partial charge on any atom is 0.126 e. The highest BCUT2D eigenvalue weighted by atomic mass is 32.1. The summed E-state index contributed by atoms with van der Waals surface area (Å²) in [6, 6.07) is 1.93. The molecule has 0 spiro atoms. The van der Waals surface area contributed by atoms with Crippen molar-refractivity contribution in [3.05, 3.63) is 47.4 Å². The third kappa shape index (κ3) is 1.97. The van der Waals surface area contributed by atoms with Gasteiger partial charge in [0.25, 0.3) is 0 Å². The second kappa shape index (κ2) is 4.42. The first-order chi connectivity index (χ1) is 8.74. The molecule has 0 aliphatic carbocycles. The van der Waals surface area contributed by atoms with Crippen molar-refractivity contribution in [2.75, 3.05) is 0 Å². The van der Waals surface area contributed by atoms with Crippen molar-refractivity contribution >= 4 is 11.3 Å². The van der Waals surface area contributed by atoms with Crippen LogP contribution < -0.4 is 0 Å². The summed E-state index contributed by atoms with van der Waals surface area (Å²) >= 11 is 1.63. The number of nitrogens with zero attached hydrogens (tertiary/aromatic N) is 3. The summed E-state index contributed by atoms with van der Waals surface area (Å²) in [5.41, 5.74) is 4.34. The van der Waals surface area contributed by atoms with E-state index >= 15 is 0 Å². The molecule has 0 saturated heterocycles. The highest BCUT2D eigenvalue weighted by molar-refractivity contribution is 7.13. The van der Waals surface area contributed by atoms with Crippen LogP contribution in [0.15, 0.2) is 34.7 Å². The van der Waals surface area contributed by atoms with Crippen LogP contribution in [0.3, 0.4) is 0 Å². The molecule has 0 unspecified atom stereocenters. The van der Waals surface area contributed by atoms with Gasteiger partial charge in [0.05, 0.1) is 30.5 Å². The van der Waals surface area contributed by atoms with Gasteiger partial charge in [-0.05, 0) is 19.9 Å². The van der Waals surface area contributed by atoms with Crippen LogP contribution in [0, 0.1) is 13.8 Å². The van der Waals surface area contributed by atoms with Crippen molar-refractivity contribution in [3.63, 3.8) is 0 Å². The third-order valence-corrected chi connectivity index (χ3v) is 3.94. The monoisotopic (exact) mass is 259 g/mol. The summed E-state index contributed by atoms with van der Waals surface area (Å²) in [6.07, 6.45) is 5.25. The Morgan fingerprint density at radius 2 is 2.28 bits per heavy atom. The molecule has 18 heavy (non-hydrogen) atoms. The van der Waals surface area contributed by atoms with Crippen molar-refractivity contribution in [2.24, 2.45) is 0 Å². The van der Waals surface area contributed by atoms with Crippen LogP contribution >= 0.6 is 11.3 Å². The quantitative estimate of drug-likeness (QED) is 0.725. The molecule has 3 aromatic rings. The van der Waals surface area contributed by atoms with Gasteiger partial charge in [-0.3, -0.25) is 0 Å². The lowest BCUT2D eigenvalue weighted by molar-refractivity contribution is 0.568. The van der Waals surface area contributed by atoms with Crippen LogP contribution in [0.25, 0.3) is 10.6 Å². The number of aromatic nitrogens is 3. The predicted octanol–water partition coefficient (Wildman–Crippen LogP) is 3.26. The second-order valence-electron chi connectivity index (χ2n) is 4.20. The lowest BCUT2D eigenvalue weighted by atomic mass is 10.3. The van der Waals surface area contributed by atoms with E-state index in [0.29, 0.717) is 0 Å². The number of furan rings is 1. The van der Waals surface area contributed by atoms with E-state index in [9.17, 15) is 0 Å². The number of aryl methyl sites for hydroxylation is 1. The fraction of sp³-hybridized carbons (Fsp3) is 0.231. The maximum atomic E-state index is 5.07. The number of thiazole rings is 1. The molecule has 0 aliphatic heterocycles. The molecule has 0 bridgehead atoms. The van der Waals surface area contributed by atoms with E-state index < -0.39 is 0 Å². The Bertz CT molecular complexity index is 652. The van der Waals surface area contributed by atoms with E-state index in [-0.39, 0.29) is 0 Å². The Morgan fingerprint density at radius 3 is 2.94 bits per heavy atom.